The van der Waals surface area contributed by atoms with Crippen LogP contribution in [0.25, 0.3) is 10.9 Å². The number of amides is 2. The third kappa shape index (κ3) is 3.16. The standard InChI is InChI=1S/C24H21N3O3/c28-22(26-14-16-6-5-13-30-16)11-12-27-23(18-8-1-2-9-19(18)24(27)29)20-15-25-21-10-4-3-7-17(20)21/h1-10,13,15,23,25H,11-12,14H2,(H,26,28). The van der Waals surface area contributed by atoms with E-state index in [2.05, 4.69) is 16.4 Å². The average Bonchev–Trinajstić information content (AvgIpc) is 3.50. The smallest absolute Gasteiger partial charge is 0.255 e. The molecule has 2 aromatic heterocycles. The van der Waals surface area contributed by atoms with Gasteiger partial charge in [-0.05, 0) is 29.8 Å². The maximum atomic E-state index is 13.2. The lowest BCUT2D eigenvalue weighted by Gasteiger charge is -2.25. The maximum absolute atomic E-state index is 13.2. The molecule has 2 amide bonds. The number of aromatic amines is 1. The van der Waals surface area contributed by atoms with Crippen LogP contribution in [0.5, 0.6) is 0 Å². The van der Waals surface area contributed by atoms with Crippen LogP contribution in [0.15, 0.2) is 77.5 Å². The Morgan fingerprint density at radius 2 is 1.87 bits per heavy atom. The summed E-state index contributed by atoms with van der Waals surface area (Å²) in [7, 11) is 0. The van der Waals surface area contributed by atoms with Gasteiger partial charge in [0.1, 0.15) is 5.76 Å². The van der Waals surface area contributed by atoms with Crippen molar-refractivity contribution in [3.63, 3.8) is 0 Å². The van der Waals surface area contributed by atoms with E-state index in [4.69, 9.17) is 4.42 Å². The predicted molar refractivity (Wildman–Crippen MR) is 113 cm³/mol. The van der Waals surface area contributed by atoms with E-state index in [1.807, 2.05) is 54.7 Å². The van der Waals surface area contributed by atoms with Crippen LogP contribution in [-0.4, -0.2) is 28.2 Å². The quantitative estimate of drug-likeness (QED) is 0.514. The van der Waals surface area contributed by atoms with E-state index in [1.165, 1.54) is 0 Å². The molecule has 0 fully saturated rings. The third-order valence-corrected chi connectivity index (χ3v) is 5.59. The van der Waals surface area contributed by atoms with Crippen LogP contribution in [0.1, 0.15) is 39.7 Å². The molecule has 3 heterocycles. The fraction of sp³-hybridized carbons (Fsp3) is 0.167. The molecule has 0 saturated carbocycles. The molecule has 150 valence electrons. The van der Waals surface area contributed by atoms with Gasteiger partial charge in [-0.25, -0.2) is 0 Å². The Balaban J connectivity index is 1.40. The second-order valence-electron chi connectivity index (χ2n) is 7.38. The van der Waals surface area contributed by atoms with Crippen molar-refractivity contribution in [3.8, 4) is 0 Å². The van der Waals surface area contributed by atoms with Gasteiger partial charge in [0.2, 0.25) is 5.91 Å². The Kier molecular flexibility index (Phi) is 4.59. The lowest BCUT2D eigenvalue weighted by atomic mass is 9.97. The molecule has 5 rings (SSSR count). The zero-order chi connectivity index (χ0) is 20.5. The van der Waals surface area contributed by atoms with Crippen LogP contribution >= 0.6 is 0 Å². The van der Waals surface area contributed by atoms with E-state index in [0.29, 0.717) is 24.4 Å². The van der Waals surface area contributed by atoms with Gasteiger partial charge < -0.3 is 19.6 Å². The van der Waals surface area contributed by atoms with Crippen LogP contribution in [0.3, 0.4) is 0 Å². The van der Waals surface area contributed by atoms with Crippen molar-refractivity contribution in [2.45, 2.75) is 19.0 Å². The second kappa shape index (κ2) is 7.55. The van der Waals surface area contributed by atoms with E-state index in [1.54, 1.807) is 17.2 Å². The molecule has 1 aliphatic rings. The van der Waals surface area contributed by atoms with Gasteiger partial charge in [0.25, 0.3) is 5.91 Å². The van der Waals surface area contributed by atoms with Crippen molar-refractivity contribution < 1.29 is 14.0 Å². The summed E-state index contributed by atoms with van der Waals surface area (Å²) >= 11 is 0. The van der Waals surface area contributed by atoms with Crippen molar-refractivity contribution in [1.29, 1.82) is 0 Å². The first-order chi connectivity index (χ1) is 14.7. The number of carbonyl (C=O) groups is 2. The zero-order valence-electron chi connectivity index (χ0n) is 16.3. The topological polar surface area (TPSA) is 78.3 Å². The summed E-state index contributed by atoms with van der Waals surface area (Å²) in [6.45, 7) is 0.674. The summed E-state index contributed by atoms with van der Waals surface area (Å²) < 4.78 is 5.25. The fourth-order valence-corrected chi connectivity index (χ4v) is 4.17. The molecule has 0 aliphatic carbocycles. The van der Waals surface area contributed by atoms with Crippen LogP contribution in [0.2, 0.25) is 0 Å². The molecule has 1 atom stereocenters. The van der Waals surface area contributed by atoms with Gasteiger partial charge in [0.05, 0.1) is 18.8 Å². The molecular weight excluding hydrogens is 378 g/mol. The Labute approximate surface area is 173 Å². The number of furan rings is 1. The minimum atomic E-state index is -0.220. The third-order valence-electron chi connectivity index (χ3n) is 5.59. The number of H-pyrrole nitrogens is 1. The van der Waals surface area contributed by atoms with Crippen LogP contribution in [-0.2, 0) is 11.3 Å². The normalized spacial score (nSPS) is 15.5. The van der Waals surface area contributed by atoms with Crippen LogP contribution in [0, 0.1) is 0 Å². The number of para-hydroxylation sites is 1. The van der Waals surface area contributed by atoms with E-state index < -0.39 is 0 Å². The minimum Gasteiger partial charge on any atom is -0.467 e. The summed E-state index contributed by atoms with van der Waals surface area (Å²) in [4.78, 5) is 30.7. The molecule has 6 heteroatoms. The Hall–Kier alpha value is -3.80. The first-order valence-electron chi connectivity index (χ1n) is 9.97. The van der Waals surface area contributed by atoms with Crippen LogP contribution < -0.4 is 5.32 Å². The highest BCUT2D eigenvalue weighted by Crippen LogP contribution is 2.41. The Morgan fingerprint density at radius 3 is 2.73 bits per heavy atom. The highest BCUT2D eigenvalue weighted by Gasteiger charge is 2.38. The number of carbonyl (C=O) groups excluding carboxylic acids is 2. The largest absolute Gasteiger partial charge is 0.467 e. The van der Waals surface area contributed by atoms with Crippen LogP contribution in [0.4, 0.5) is 0 Å². The Morgan fingerprint density at radius 1 is 1.03 bits per heavy atom. The first kappa shape index (κ1) is 18.2. The van der Waals surface area contributed by atoms with Gasteiger partial charge >= 0.3 is 0 Å². The summed E-state index contributed by atoms with van der Waals surface area (Å²) in [6, 6.07) is 19.1. The number of hydrogen-bond donors (Lipinski definition) is 2. The summed E-state index contributed by atoms with van der Waals surface area (Å²) in [5.74, 6) is 0.539. The van der Waals surface area contributed by atoms with Crippen molar-refractivity contribution in [1.82, 2.24) is 15.2 Å². The molecule has 0 radical (unpaired) electrons. The average molecular weight is 399 g/mol. The van der Waals surface area contributed by atoms with Crippen molar-refractivity contribution in [3.05, 3.63) is 95.6 Å². The molecule has 4 aromatic rings. The summed E-state index contributed by atoms with van der Waals surface area (Å²) in [6.07, 6.45) is 3.77. The lowest BCUT2D eigenvalue weighted by Crippen LogP contribution is -2.33. The first-order valence-corrected chi connectivity index (χ1v) is 9.97. The van der Waals surface area contributed by atoms with Crippen molar-refractivity contribution in [2.75, 3.05) is 6.54 Å². The number of benzene rings is 2. The lowest BCUT2D eigenvalue weighted by molar-refractivity contribution is -0.121. The minimum absolute atomic E-state index is 0.0419. The second-order valence-corrected chi connectivity index (χ2v) is 7.38. The SMILES string of the molecule is O=C(CCN1C(=O)c2ccccc2C1c1c[nH]c2ccccc12)NCc1ccco1. The molecule has 0 spiro atoms. The number of hydrogen-bond acceptors (Lipinski definition) is 3. The number of nitrogens with one attached hydrogen (secondary N) is 2. The molecule has 6 nitrogen and oxygen atoms in total. The van der Waals surface area contributed by atoms with E-state index >= 15 is 0 Å². The number of fused-ring (bicyclic) bond motifs is 2. The molecular formula is C24H21N3O3. The number of rotatable bonds is 6. The fourth-order valence-electron chi connectivity index (χ4n) is 4.17. The monoisotopic (exact) mass is 399 g/mol. The molecule has 30 heavy (non-hydrogen) atoms. The molecule has 1 unspecified atom stereocenters. The van der Waals surface area contributed by atoms with Gasteiger partial charge in [-0.1, -0.05) is 36.4 Å². The Bertz CT molecular complexity index is 1210. The highest BCUT2D eigenvalue weighted by atomic mass is 16.3. The van der Waals surface area contributed by atoms with Crippen molar-refractivity contribution in [2.24, 2.45) is 0 Å². The summed E-state index contributed by atoms with van der Waals surface area (Å²) in [5.41, 5.74) is 3.74. The summed E-state index contributed by atoms with van der Waals surface area (Å²) in [5, 5.41) is 3.93. The highest BCUT2D eigenvalue weighted by molar-refractivity contribution is 6.01. The predicted octanol–water partition coefficient (Wildman–Crippen LogP) is 4.01. The van der Waals surface area contributed by atoms with Gasteiger partial charge in [-0.3, -0.25) is 9.59 Å². The maximum Gasteiger partial charge on any atom is 0.255 e. The number of nitrogens with zero attached hydrogens (tertiary/aromatic N) is 1. The van der Waals surface area contributed by atoms with E-state index in [0.717, 1.165) is 22.0 Å². The molecule has 2 N–H and O–H groups in total. The van der Waals surface area contributed by atoms with Gasteiger partial charge in [0, 0.05) is 41.2 Å². The molecule has 1 aliphatic heterocycles. The van der Waals surface area contributed by atoms with Gasteiger partial charge in [-0.2, -0.15) is 0 Å². The van der Waals surface area contributed by atoms with Crippen molar-refractivity contribution >= 4 is 22.7 Å². The van der Waals surface area contributed by atoms with E-state index in [9.17, 15) is 9.59 Å². The van der Waals surface area contributed by atoms with E-state index in [-0.39, 0.29) is 24.3 Å². The molecule has 0 bridgehead atoms. The van der Waals surface area contributed by atoms with Gasteiger partial charge in [-0.15, -0.1) is 0 Å². The van der Waals surface area contributed by atoms with Gasteiger partial charge in [0.15, 0.2) is 0 Å². The molecule has 2 aromatic carbocycles. The zero-order valence-corrected chi connectivity index (χ0v) is 16.3. The number of aromatic nitrogens is 1. The molecule has 0 saturated heterocycles.